The number of aryl methyl sites for hydroxylation is 1. The number of nitrogens with zero attached hydrogens (tertiary/aromatic N) is 3. The van der Waals surface area contributed by atoms with E-state index in [1.54, 1.807) is 0 Å². The minimum atomic E-state index is 0.204. The molecule has 1 aromatic heterocycles. The first-order valence-electron chi connectivity index (χ1n) is 7.41. The molecule has 0 saturated carbocycles. The number of hydrogen-bond donors (Lipinski definition) is 1. The predicted molar refractivity (Wildman–Crippen MR) is 77.4 cm³/mol. The molecule has 4 nitrogen and oxygen atoms in total. The molecule has 1 fully saturated rings. The standard InChI is InChI=1S/C15H24N4/c1-15(2)6-5-12-9-17-14(18-13(12)15)19-7-3-4-11(8-16)10-19/h9,11H,3-8,10,16H2,1-2H3. The molecule has 1 aliphatic carbocycles. The van der Waals surface area contributed by atoms with Gasteiger partial charge < -0.3 is 10.6 Å². The Balaban J connectivity index is 1.86. The van der Waals surface area contributed by atoms with Crippen molar-refractivity contribution in [2.45, 2.75) is 44.9 Å². The smallest absolute Gasteiger partial charge is 0.225 e. The normalized spacial score (nSPS) is 25.4. The Bertz CT molecular complexity index is 469. The summed E-state index contributed by atoms with van der Waals surface area (Å²) in [6, 6.07) is 0. The summed E-state index contributed by atoms with van der Waals surface area (Å²) in [5.41, 5.74) is 8.60. The van der Waals surface area contributed by atoms with E-state index in [4.69, 9.17) is 10.7 Å². The van der Waals surface area contributed by atoms with Crippen LogP contribution >= 0.6 is 0 Å². The van der Waals surface area contributed by atoms with Crippen molar-refractivity contribution in [1.82, 2.24) is 9.97 Å². The Morgan fingerprint density at radius 2 is 2.32 bits per heavy atom. The SMILES string of the molecule is CC1(C)CCc2cnc(N3CCCC(CN)C3)nc21. The average molecular weight is 260 g/mol. The van der Waals surface area contributed by atoms with E-state index in [2.05, 4.69) is 23.7 Å². The zero-order valence-corrected chi connectivity index (χ0v) is 12.0. The highest BCUT2D eigenvalue weighted by atomic mass is 15.3. The lowest BCUT2D eigenvalue weighted by Gasteiger charge is -2.32. The van der Waals surface area contributed by atoms with E-state index in [-0.39, 0.29) is 5.41 Å². The zero-order chi connectivity index (χ0) is 13.5. The molecule has 0 amide bonds. The van der Waals surface area contributed by atoms with E-state index < -0.39 is 0 Å². The summed E-state index contributed by atoms with van der Waals surface area (Å²) in [5, 5.41) is 0. The maximum atomic E-state index is 5.81. The summed E-state index contributed by atoms with van der Waals surface area (Å²) in [6.07, 6.45) is 6.79. The second kappa shape index (κ2) is 4.75. The second-order valence-electron chi connectivity index (χ2n) is 6.62. The molecule has 1 aromatic rings. The van der Waals surface area contributed by atoms with Gasteiger partial charge in [0.1, 0.15) is 0 Å². The van der Waals surface area contributed by atoms with Crippen molar-refractivity contribution in [3.05, 3.63) is 17.5 Å². The average Bonchev–Trinajstić information content (AvgIpc) is 2.74. The molecule has 3 rings (SSSR count). The Hall–Kier alpha value is -1.16. The lowest BCUT2D eigenvalue weighted by atomic mass is 9.91. The molecule has 104 valence electrons. The Labute approximate surface area is 115 Å². The number of fused-ring (bicyclic) bond motifs is 1. The van der Waals surface area contributed by atoms with E-state index in [1.807, 2.05) is 6.20 Å². The van der Waals surface area contributed by atoms with Gasteiger partial charge in [0.25, 0.3) is 0 Å². The molecular formula is C15H24N4. The highest BCUT2D eigenvalue weighted by molar-refractivity contribution is 5.39. The first-order valence-corrected chi connectivity index (χ1v) is 7.41. The fourth-order valence-electron chi connectivity index (χ4n) is 3.32. The molecule has 1 saturated heterocycles. The molecule has 0 radical (unpaired) electrons. The fraction of sp³-hybridized carbons (Fsp3) is 0.733. The zero-order valence-electron chi connectivity index (χ0n) is 12.0. The van der Waals surface area contributed by atoms with Crippen LogP contribution in [0, 0.1) is 5.92 Å². The molecule has 4 heteroatoms. The van der Waals surface area contributed by atoms with Gasteiger partial charge in [0, 0.05) is 24.7 Å². The van der Waals surface area contributed by atoms with Crippen LogP contribution in [0.3, 0.4) is 0 Å². The van der Waals surface area contributed by atoms with Gasteiger partial charge >= 0.3 is 0 Å². The molecular weight excluding hydrogens is 236 g/mol. The van der Waals surface area contributed by atoms with E-state index >= 15 is 0 Å². The largest absolute Gasteiger partial charge is 0.340 e. The van der Waals surface area contributed by atoms with Crippen LogP contribution in [-0.4, -0.2) is 29.6 Å². The van der Waals surface area contributed by atoms with Crippen LogP contribution < -0.4 is 10.6 Å². The van der Waals surface area contributed by atoms with Gasteiger partial charge in [-0.25, -0.2) is 9.97 Å². The minimum absolute atomic E-state index is 0.204. The van der Waals surface area contributed by atoms with Crippen LogP contribution in [0.25, 0.3) is 0 Å². The van der Waals surface area contributed by atoms with Crippen molar-refractivity contribution in [2.75, 3.05) is 24.5 Å². The molecule has 1 aliphatic heterocycles. The van der Waals surface area contributed by atoms with Gasteiger partial charge in [-0.05, 0) is 43.7 Å². The van der Waals surface area contributed by atoms with Crippen LogP contribution in [-0.2, 0) is 11.8 Å². The number of aromatic nitrogens is 2. The molecule has 2 heterocycles. The number of nitrogens with two attached hydrogens (primary N) is 1. The van der Waals surface area contributed by atoms with Crippen LogP contribution in [0.2, 0.25) is 0 Å². The maximum Gasteiger partial charge on any atom is 0.225 e. The maximum absolute atomic E-state index is 5.81. The van der Waals surface area contributed by atoms with Gasteiger partial charge in [0.2, 0.25) is 5.95 Å². The summed E-state index contributed by atoms with van der Waals surface area (Å²) in [6.45, 7) is 7.42. The van der Waals surface area contributed by atoms with Gasteiger partial charge in [-0.15, -0.1) is 0 Å². The van der Waals surface area contributed by atoms with Crippen LogP contribution in [0.4, 0.5) is 5.95 Å². The molecule has 1 unspecified atom stereocenters. The molecule has 1 atom stereocenters. The Morgan fingerprint density at radius 3 is 3.11 bits per heavy atom. The quantitative estimate of drug-likeness (QED) is 0.882. The summed E-state index contributed by atoms with van der Waals surface area (Å²) >= 11 is 0. The van der Waals surface area contributed by atoms with Crippen molar-refractivity contribution in [2.24, 2.45) is 11.7 Å². The van der Waals surface area contributed by atoms with E-state index in [1.165, 1.54) is 30.5 Å². The molecule has 0 spiro atoms. The van der Waals surface area contributed by atoms with Crippen molar-refractivity contribution >= 4 is 5.95 Å². The van der Waals surface area contributed by atoms with Gasteiger partial charge in [0.15, 0.2) is 0 Å². The van der Waals surface area contributed by atoms with Crippen LogP contribution in [0.1, 0.15) is 44.4 Å². The van der Waals surface area contributed by atoms with E-state index in [9.17, 15) is 0 Å². The third kappa shape index (κ3) is 2.34. The second-order valence-corrected chi connectivity index (χ2v) is 6.62. The van der Waals surface area contributed by atoms with Gasteiger partial charge in [-0.2, -0.15) is 0 Å². The Kier molecular flexibility index (Phi) is 3.21. The summed E-state index contributed by atoms with van der Waals surface area (Å²) in [5.74, 6) is 1.51. The number of rotatable bonds is 2. The third-order valence-electron chi connectivity index (χ3n) is 4.65. The summed E-state index contributed by atoms with van der Waals surface area (Å²) < 4.78 is 0. The van der Waals surface area contributed by atoms with Gasteiger partial charge in [-0.1, -0.05) is 13.8 Å². The molecule has 2 aliphatic rings. The third-order valence-corrected chi connectivity index (χ3v) is 4.65. The highest BCUT2D eigenvalue weighted by Crippen LogP contribution is 2.37. The van der Waals surface area contributed by atoms with Crippen molar-refractivity contribution in [3.63, 3.8) is 0 Å². The lowest BCUT2D eigenvalue weighted by molar-refractivity contribution is 0.418. The van der Waals surface area contributed by atoms with Crippen LogP contribution in [0.15, 0.2) is 6.20 Å². The van der Waals surface area contributed by atoms with Crippen molar-refractivity contribution < 1.29 is 0 Å². The topological polar surface area (TPSA) is 55.0 Å². The molecule has 19 heavy (non-hydrogen) atoms. The van der Waals surface area contributed by atoms with Gasteiger partial charge in [0.05, 0.1) is 5.69 Å². The molecule has 0 aromatic carbocycles. The minimum Gasteiger partial charge on any atom is -0.340 e. The van der Waals surface area contributed by atoms with Crippen molar-refractivity contribution in [1.29, 1.82) is 0 Å². The van der Waals surface area contributed by atoms with E-state index in [0.29, 0.717) is 5.92 Å². The lowest BCUT2D eigenvalue weighted by Crippen LogP contribution is -2.39. The number of piperidine rings is 1. The summed E-state index contributed by atoms with van der Waals surface area (Å²) in [7, 11) is 0. The first-order chi connectivity index (χ1) is 9.10. The van der Waals surface area contributed by atoms with E-state index in [0.717, 1.165) is 32.0 Å². The van der Waals surface area contributed by atoms with Crippen LogP contribution in [0.5, 0.6) is 0 Å². The molecule has 0 bridgehead atoms. The Morgan fingerprint density at radius 1 is 1.47 bits per heavy atom. The first kappa shape index (κ1) is 12.9. The fourth-order valence-corrected chi connectivity index (χ4v) is 3.32. The summed E-state index contributed by atoms with van der Waals surface area (Å²) in [4.78, 5) is 11.8. The number of anilines is 1. The number of hydrogen-bond acceptors (Lipinski definition) is 4. The highest BCUT2D eigenvalue weighted by Gasteiger charge is 2.33. The predicted octanol–water partition coefficient (Wildman–Crippen LogP) is 1.88. The van der Waals surface area contributed by atoms with Gasteiger partial charge in [-0.3, -0.25) is 0 Å². The van der Waals surface area contributed by atoms with Crippen molar-refractivity contribution in [3.8, 4) is 0 Å². The molecule has 2 N–H and O–H groups in total. The monoisotopic (exact) mass is 260 g/mol.